The maximum Gasteiger partial charge on any atom is 0.337 e. The number of thioether (sulfide) groups is 1. The molecule has 1 N–H and O–H groups in total. The second kappa shape index (κ2) is 11.1. The van der Waals surface area contributed by atoms with Crippen molar-refractivity contribution in [3.8, 4) is 0 Å². The van der Waals surface area contributed by atoms with Crippen LogP contribution in [0.2, 0.25) is 0 Å². The Balaban J connectivity index is 1.96. The molecule has 0 aliphatic heterocycles. The smallest absolute Gasteiger partial charge is 0.337 e. The molecule has 1 atom stereocenters. The van der Waals surface area contributed by atoms with Gasteiger partial charge in [0.15, 0.2) is 0 Å². The summed E-state index contributed by atoms with van der Waals surface area (Å²) in [5.41, 5.74) is 1.65. The summed E-state index contributed by atoms with van der Waals surface area (Å²) in [5, 5.41) is 2.75. The Morgan fingerprint density at radius 1 is 1.00 bits per heavy atom. The molecule has 0 aromatic heterocycles. The van der Waals surface area contributed by atoms with Gasteiger partial charge in [0, 0.05) is 5.56 Å². The number of esters is 2. The fourth-order valence-corrected chi connectivity index (χ4v) is 2.90. The number of ether oxygens (including phenoxy) is 2. The van der Waals surface area contributed by atoms with Crippen LogP contribution in [0.15, 0.2) is 54.6 Å². The highest BCUT2D eigenvalue weighted by Gasteiger charge is 2.22. The fraction of sp³-hybridized carbons (Fsp3) is 0.286. The van der Waals surface area contributed by atoms with Crippen LogP contribution in [0.5, 0.6) is 0 Å². The van der Waals surface area contributed by atoms with E-state index in [0.717, 1.165) is 5.56 Å². The number of carbonyl (C=O) groups is 3. The number of nitrogens with one attached hydrogen (secondary N) is 1. The highest BCUT2D eigenvalue weighted by molar-refractivity contribution is 7.98. The second-order valence-electron chi connectivity index (χ2n) is 5.97. The van der Waals surface area contributed by atoms with Crippen LogP contribution in [0.25, 0.3) is 0 Å². The van der Waals surface area contributed by atoms with Crippen LogP contribution < -0.4 is 5.32 Å². The number of carbonyl (C=O) groups excluding carboxylic acids is 3. The van der Waals surface area contributed by atoms with Crippen molar-refractivity contribution in [3.05, 3.63) is 71.3 Å². The minimum absolute atomic E-state index is 0.0528. The maximum absolute atomic E-state index is 12.5. The van der Waals surface area contributed by atoms with Crippen LogP contribution >= 0.6 is 11.8 Å². The van der Waals surface area contributed by atoms with Gasteiger partial charge in [0.1, 0.15) is 12.6 Å². The van der Waals surface area contributed by atoms with Gasteiger partial charge in [-0.25, -0.2) is 9.59 Å². The SMILES string of the molecule is COC(=O)c1ccc(COC(=O)[C@@H](CCSC)NC(=O)c2ccccc2)cc1. The molecule has 0 unspecified atom stereocenters. The molecule has 2 aromatic rings. The number of methoxy groups -OCH3 is 1. The quantitative estimate of drug-likeness (QED) is 0.651. The molecule has 0 aliphatic rings. The first kappa shape index (κ1) is 21.5. The Morgan fingerprint density at radius 3 is 2.29 bits per heavy atom. The van der Waals surface area contributed by atoms with E-state index in [-0.39, 0.29) is 12.5 Å². The monoisotopic (exact) mass is 401 g/mol. The molecule has 28 heavy (non-hydrogen) atoms. The Hall–Kier alpha value is -2.80. The van der Waals surface area contributed by atoms with Gasteiger partial charge in [0.05, 0.1) is 12.7 Å². The molecule has 6 nitrogen and oxygen atoms in total. The number of rotatable bonds is 9. The zero-order chi connectivity index (χ0) is 20.4. The molecule has 0 spiro atoms. The average Bonchev–Trinajstić information content (AvgIpc) is 2.75. The Morgan fingerprint density at radius 2 is 1.68 bits per heavy atom. The molecule has 0 fully saturated rings. The summed E-state index contributed by atoms with van der Waals surface area (Å²) in [7, 11) is 1.32. The van der Waals surface area contributed by atoms with Crippen LogP contribution in [0.4, 0.5) is 0 Å². The third-order valence-corrected chi connectivity index (χ3v) is 4.64. The standard InChI is InChI=1S/C21H23NO5S/c1-26-20(24)17-10-8-15(9-11-17)14-27-21(25)18(12-13-28-2)22-19(23)16-6-4-3-5-7-16/h3-11,18H,12-14H2,1-2H3,(H,22,23)/t18-/m1/s1. The van der Waals surface area contributed by atoms with E-state index in [1.165, 1.54) is 7.11 Å². The highest BCUT2D eigenvalue weighted by Crippen LogP contribution is 2.10. The van der Waals surface area contributed by atoms with Gasteiger partial charge in [0.2, 0.25) is 0 Å². The zero-order valence-electron chi connectivity index (χ0n) is 15.8. The van der Waals surface area contributed by atoms with E-state index >= 15 is 0 Å². The molecule has 2 rings (SSSR count). The minimum Gasteiger partial charge on any atom is -0.465 e. The molecular weight excluding hydrogens is 378 g/mol. The molecule has 0 heterocycles. The summed E-state index contributed by atoms with van der Waals surface area (Å²) in [4.78, 5) is 36.3. The van der Waals surface area contributed by atoms with Crippen LogP contribution in [0.1, 0.15) is 32.7 Å². The molecule has 0 saturated heterocycles. The van der Waals surface area contributed by atoms with Crippen molar-refractivity contribution >= 4 is 29.6 Å². The largest absolute Gasteiger partial charge is 0.465 e. The van der Waals surface area contributed by atoms with Crippen LogP contribution in [-0.2, 0) is 20.9 Å². The van der Waals surface area contributed by atoms with Gasteiger partial charge in [-0.05, 0) is 48.3 Å². The van der Waals surface area contributed by atoms with E-state index < -0.39 is 18.0 Å². The van der Waals surface area contributed by atoms with Gasteiger partial charge >= 0.3 is 11.9 Å². The van der Waals surface area contributed by atoms with Gasteiger partial charge in [-0.3, -0.25) is 4.79 Å². The van der Waals surface area contributed by atoms with Gasteiger partial charge in [-0.15, -0.1) is 0 Å². The molecule has 0 radical (unpaired) electrons. The van der Waals surface area contributed by atoms with Crippen molar-refractivity contribution in [3.63, 3.8) is 0 Å². The summed E-state index contributed by atoms with van der Waals surface area (Å²) in [6.45, 7) is 0.0528. The molecule has 7 heteroatoms. The maximum atomic E-state index is 12.5. The normalized spacial score (nSPS) is 11.4. The lowest BCUT2D eigenvalue weighted by molar-refractivity contribution is -0.147. The van der Waals surface area contributed by atoms with Crippen molar-refractivity contribution in [2.24, 2.45) is 0 Å². The van der Waals surface area contributed by atoms with Crippen molar-refractivity contribution < 1.29 is 23.9 Å². The number of hydrogen-bond acceptors (Lipinski definition) is 6. The topological polar surface area (TPSA) is 81.7 Å². The summed E-state index contributed by atoms with van der Waals surface area (Å²) in [6, 6.07) is 14.6. The van der Waals surface area contributed by atoms with Gasteiger partial charge in [-0.2, -0.15) is 11.8 Å². The molecule has 0 saturated carbocycles. The molecule has 148 valence electrons. The zero-order valence-corrected chi connectivity index (χ0v) is 16.7. The third-order valence-electron chi connectivity index (χ3n) is 3.99. The summed E-state index contributed by atoms with van der Waals surface area (Å²) in [5.74, 6) is -0.520. The van der Waals surface area contributed by atoms with E-state index in [4.69, 9.17) is 4.74 Å². The number of amides is 1. The number of hydrogen-bond donors (Lipinski definition) is 1. The Labute approximate surface area is 168 Å². The molecule has 2 aromatic carbocycles. The van der Waals surface area contributed by atoms with E-state index in [2.05, 4.69) is 10.1 Å². The average molecular weight is 401 g/mol. The lowest BCUT2D eigenvalue weighted by Gasteiger charge is -2.17. The third kappa shape index (κ3) is 6.42. The predicted octanol–water partition coefficient (Wildman–Crippen LogP) is 3.07. The molecule has 1 amide bonds. The van der Waals surface area contributed by atoms with Crippen molar-refractivity contribution in [1.29, 1.82) is 0 Å². The van der Waals surface area contributed by atoms with Crippen molar-refractivity contribution in [2.45, 2.75) is 19.1 Å². The van der Waals surface area contributed by atoms with Crippen molar-refractivity contribution in [1.82, 2.24) is 5.32 Å². The first-order chi connectivity index (χ1) is 13.5. The second-order valence-corrected chi connectivity index (χ2v) is 6.96. The van der Waals surface area contributed by atoms with Gasteiger partial charge in [0.25, 0.3) is 5.91 Å². The lowest BCUT2D eigenvalue weighted by Crippen LogP contribution is -2.42. The van der Waals surface area contributed by atoms with Gasteiger partial charge < -0.3 is 14.8 Å². The molecular formula is C21H23NO5S. The summed E-state index contributed by atoms with van der Waals surface area (Å²) < 4.78 is 10.0. The van der Waals surface area contributed by atoms with E-state index in [1.807, 2.05) is 12.3 Å². The van der Waals surface area contributed by atoms with Crippen LogP contribution in [0, 0.1) is 0 Å². The highest BCUT2D eigenvalue weighted by atomic mass is 32.2. The van der Waals surface area contributed by atoms with E-state index in [9.17, 15) is 14.4 Å². The number of benzene rings is 2. The first-order valence-corrected chi connectivity index (χ1v) is 10.1. The van der Waals surface area contributed by atoms with Gasteiger partial charge in [-0.1, -0.05) is 30.3 Å². The molecule has 0 bridgehead atoms. The Bertz CT molecular complexity index is 792. The van der Waals surface area contributed by atoms with E-state index in [1.54, 1.807) is 60.3 Å². The molecule has 0 aliphatic carbocycles. The minimum atomic E-state index is -0.727. The summed E-state index contributed by atoms with van der Waals surface area (Å²) in [6.07, 6.45) is 2.41. The summed E-state index contributed by atoms with van der Waals surface area (Å²) >= 11 is 1.59. The van der Waals surface area contributed by atoms with Crippen LogP contribution in [-0.4, -0.2) is 43.0 Å². The Kier molecular flexibility index (Phi) is 8.55. The predicted molar refractivity (Wildman–Crippen MR) is 108 cm³/mol. The van der Waals surface area contributed by atoms with E-state index in [0.29, 0.717) is 23.3 Å². The van der Waals surface area contributed by atoms with Crippen LogP contribution in [0.3, 0.4) is 0 Å². The first-order valence-electron chi connectivity index (χ1n) is 8.74. The van der Waals surface area contributed by atoms with Crippen molar-refractivity contribution in [2.75, 3.05) is 19.1 Å². The lowest BCUT2D eigenvalue weighted by atomic mass is 10.1. The fourth-order valence-electron chi connectivity index (χ4n) is 2.43.